The summed E-state index contributed by atoms with van der Waals surface area (Å²) in [5, 5.41) is 3.28. The summed E-state index contributed by atoms with van der Waals surface area (Å²) in [6.45, 7) is 2.50. The molecule has 1 aliphatic heterocycles. The average Bonchev–Trinajstić information content (AvgIpc) is 3.03. The van der Waals surface area contributed by atoms with Gasteiger partial charge >= 0.3 is 6.18 Å². The van der Waals surface area contributed by atoms with Gasteiger partial charge in [0.15, 0.2) is 0 Å². The lowest BCUT2D eigenvalue weighted by molar-refractivity contribution is -0.137. The number of H-pyrrole nitrogens is 1. The summed E-state index contributed by atoms with van der Waals surface area (Å²) in [6.07, 6.45) is 2.97. The van der Waals surface area contributed by atoms with Crippen LogP contribution in [0.4, 0.5) is 13.2 Å². The van der Waals surface area contributed by atoms with E-state index in [0.717, 1.165) is 12.1 Å². The molecule has 0 radical (unpaired) electrons. The highest BCUT2D eigenvalue weighted by Gasteiger charge is 2.29. The predicted octanol–water partition coefficient (Wildman–Crippen LogP) is 3.86. The molecule has 2 N–H and O–H groups in total. The Kier molecular flexibility index (Phi) is 5.38. The highest BCUT2D eigenvalue weighted by Crippen LogP contribution is 2.30. The Morgan fingerprint density at radius 2 is 1.62 bits per heavy atom. The summed E-state index contributed by atoms with van der Waals surface area (Å²) >= 11 is 0. The van der Waals surface area contributed by atoms with E-state index in [0.29, 0.717) is 11.3 Å². The molecule has 0 aliphatic carbocycles. The number of alkyl halides is 3. The zero-order chi connectivity index (χ0) is 15.1. The Hall–Kier alpha value is -1.82. The Bertz CT molecular complexity index is 503. The van der Waals surface area contributed by atoms with Gasteiger partial charge in [0.05, 0.1) is 23.8 Å². The van der Waals surface area contributed by atoms with Crippen LogP contribution >= 0.6 is 0 Å². The minimum Gasteiger partial charge on any atom is -0.345 e. The summed E-state index contributed by atoms with van der Waals surface area (Å²) in [6, 6.07) is 4.93. The Morgan fingerprint density at radius 1 is 0.952 bits per heavy atom. The molecule has 1 aromatic heterocycles. The lowest BCUT2D eigenvalue weighted by atomic mass is 10.1. The second-order valence-corrected chi connectivity index (χ2v) is 4.85. The van der Waals surface area contributed by atoms with Crippen molar-refractivity contribution in [1.82, 2.24) is 15.3 Å². The number of imidazole rings is 1. The molecule has 6 heteroatoms. The van der Waals surface area contributed by atoms with Crippen molar-refractivity contribution in [2.75, 3.05) is 13.1 Å². The van der Waals surface area contributed by atoms with Crippen LogP contribution in [-0.2, 0) is 6.18 Å². The van der Waals surface area contributed by atoms with Gasteiger partial charge in [-0.2, -0.15) is 13.2 Å². The Balaban J connectivity index is 0.000000225. The number of halogens is 3. The van der Waals surface area contributed by atoms with Crippen LogP contribution in [0.2, 0.25) is 0 Å². The molecule has 2 aromatic rings. The fraction of sp³-hybridized carbons (Fsp3) is 0.400. The summed E-state index contributed by atoms with van der Waals surface area (Å²) in [4.78, 5) is 6.61. The van der Waals surface area contributed by atoms with Gasteiger partial charge in [-0.25, -0.2) is 4.98 Å². The first-order chi connectivity index (χ1) is 10.1. The van der Waals surface area contributed by atoms with E-state index in [1.54, 1.807) is 6.20 Å². The van der Waals surface area contributed by atoms with Gasteiger partial charge in [-0.1, -0.05) is 18.6 Å². The van der Waals surface area contributed by atoms with E-state index >= 15 is 0 Å². The molecule has 0 unspecified atom stereocenters. The predicted molar refractivity (Wildman–Crippen MR) is 75.7 cm³/mol. The van der Waals surface area contributed by atoms with Crippen LogP contribution in [0.5, 0.6) is 0 Å². The van der Waals surface area contributed by atoms with Gasteiger partial charge in [0.25, 0.3) is 0 Å². The maximum absolute atomic E-state index is 12.2. The van der Waals surface area contributed by atoms with Crippen LogP contribution in [-0.4, -0.2) is 23.1 Å². The second-order valence-electron chi connectivity index (χ2n) is 4.85. The fourth-order valence-electron chi connectivity index (χ4n) is 2.05. The third-order valence-corrected chi connectivity index (χ3v) is 3.23. The highest BCUT2D eigenvalue weighted by molar-refractivity contribution is 5.58. The first-order valence-electron chi connectivity index (χ1n) is 6.94. The molecule has 2 heterocycles. The lowest BCUT2D eigenvalue weighted by Gasteiger charge is -2.08. The SMILES string of the molecule is C1CCNCC1.FC(F)(F)c1ccc(-c2cnc[nH]2)cc1. The van der Waals surface area contributed by atoms with E-state index < -0.39 is 11.7 Å². The van der Waals surface area contributed by atoms with Crippen LogP contribution in [0.25, 0.3) is 11.3 Å². The molecular weight excluding hydrogens is 279 g/mol. The standard InChI is InChI=1S/C10H7F3N2.C5H11N/c11-10(12,13)8-3-1-7(2-4-8)9-5-14-6-15-9;1-2-4-6-5-3-1/h1-6H,(H,14,15);6H,1-5H2. The van der Waals surface area contributed by atoms with Gasteiger partial charge in [-0.3, -0.25) is 0 Å². The number of benzene rings is 1. The Labute approximate surface area is 121 Å². The van der Waals surface area contributed by atoms with E-state index in [-0.39, 0.29) is 0 Å². The topological polar surface area (TPSA) is 40.7 Å². The van der Waals surface area contributed by atoms with Crippen LogP contribution in [0.1, 0.15) is 24.8 Å². The quantitative estimate of drug-likeness (QED) is 0.839. The molecule has 0 amide bonds. The first kappa shape index (κ1) is 15.6. The molecule has 1 aromatic carbocycles. The number of hydrogen-bond acceptors (Lipinski definition) is 2. The summed E-state index contributed by atoms with van der Waals surface area (Å²) < 4.78 is 36.7. The summed E-state index contributed by atoms with van der Waals surface area (Å²) in [5.74, 6) is 0. The van der Waals surface area contributed by atoms with Gasteiger partial charge in [-0.05, 0) is 43.6 Å². The summed E-state index contributed by atoms with van der Waals surface area (Å²) in [5.41, 5.74) is 0.731. The number of aromatic nitrogens is 2. The van der Waals surface area contributed by atoms with Crippen molar-refractivity contribution in [3.8, 4) is 11.3 Å². The zero-order valence-corrected chi connectivity index (χ0v) is 11.6. The number of aromatic amines is 1. The normalized spacial score (nSPS) is 15.2. The molecule has 0 spiro atoms. The number of piperidine rings is 1. The number of nitrogens with one attached hydrogen (secondary N) is 2. The van der Waals surface area contributed by atoms with E-state index in [4.69, 9.17) is 0 Å². The molecular formula is C15H18F3N3. The smallest absolute Gasteiger partial charge is 0.345 e. The zero-order valence-electron chi connectivity index (χ0n) is 11.6. The monoisotopic (exact) mass is 297 g/mol. The van der Waals surface area contributed by atoms with Crippen molar-refractivity contribution in [2.24, 2.45) is 0 Å². The van der Waals surface area contributed by atoms with E-state index in [1.165, 1.54) is 50.8 Å². The van der Waals surface area contributed by atoms with Gasteiger partial charge in [-0.15, -0.1) is 0 Å². The molecule has 3 rings (SSSR count). The Morgan fingerprint density at radius 3 is 2.00 bits per heavy atom. The first-order valence-corrected chi connectivity index (χ1v) is 6.94. The molecule has 21 heavy (non-hydrogen) atoms. The van der Waals surface area contributed by atoms with Crippen LogP contribution in [0.15, 0.2) is 36.8 Å². The molecule has 0 saturated carbocycles. The van der Waals surface area contributed by atoms with Crippen LogP contribution in [0.3, 0.4) is 0 Å². The number of rotatable bonds is 1. The van der Waals surface area contributed by atoms with E-state index in [1.807, 2.05) is 0 Å². The highest BCUT2D eigenvalue weighted by atomic mass is 19.4. The van der Waals surface area contributed by atoms with Crippen LogP contribution in [0, 0.1) is 0 Å². The third kappa shape index (κ3) is 4.90. The van der Waals surface area contributed by atoms with Crippen molar-refractivity contribution >= 4 is 0 Å². The summed E-state index contributed by atoms with van der Waals surface area (Å²) in [7, 11) is 0. The fourth-order valence-corrected chi connectivity index (χ4v) is 2.05. The van der Waals surface area contributed by atoms with Crippen molar-refractivity contribution in [3.05, 3.63) is 42.4 Å². The maximum atomic E-state index is 12.2. The molecule has 0 atom stereocenters. The van der Waals surface area contributed by atoms with Crippen molar-refractivity contribution < 1.29 is 13.2 Å². The molecule has 1 saturated heterocycles. The largest absolute Gasteiger partial charge is 0.416 e. The minimum atomic E-state index is -4.29. The molecule has 1 fully saturated rings. The molecule has 0 bridgehead atoms. The van der Waals surface area contributed by atoms with Crippen molar-refractivity contribution in [3.63, 3.8) is 0 Å². The lowest BCUT2D eigenvalue weighted by Crippen LogP contribution is -2.21. The number of nitrogens with zero attached hydrogens (tertiary/aromatic N) is 1. The second kappa shape index (κ2) is 7.26. The molecule has 114 valence electrons. The maximum Gasteiger partial charge on any atom is 0.416 e. The average molecular weight is 297 g/mol. The van der Waals surface area contributed by atoms with Gasteiger partial charge in [0.1, 0.15) is 0 Å². The van der Waals surface area contributed by atoms with E-state index in [2.05, 4.69) is 15.3 Å². The van der Waals surface area contributed by atoms with Crippen molar-refractivity contribution in [2.45, 2.75) is 25.4 Å². The molecule has 1 aliphatic rings. The van der Waals surface area contributed by atoms with Crippen molar-refractivity contribution in [1.29, 1.82) is 0 Å². The van der Waals surface area contributed by atoms with E-state index in [9.17, 15) is 13.2 Å². The van der Waals surface area contributed by atoms with Gasteiger partial charge < -0.3 is 10.3 Å². The van der Waals surface area contributed by atoms with Crippen LogP contribution < -0.4 is 5.32 Å². The van der Waals surface area contributed by atoms with Gasteiger partial charge in [0.2, 0.25) is 0 Å². The molecule has 3 nitrogen and oxygen atoms in total. The third-order valence-electron chi connectivity index (χ3n) is 3.23. The number of hydrogen-bond donors (Lipinski definition) is 2. The minimum absolute atomic E-state index is 0.647. The van der Waals surface area contributed by atoms with Gasteiger partial charge in [0, 0.05) is 0 Å².